The van der Waals surface area contributed by atoms with Crippen LogP contribution in [0, 0.1) is 17.5 Å². The number of piperidine rings is 1. The maximum Gasteiger partial charge on any atom is 0.416 e. The Morgan fingerprint density at radius 3 is 2.28 bits per heavy atom. The molecule has 0 amide bonds. The quantitative estimate of drug-likeness (QED) is 0.202. The third kappa shape index (κ3) is 7.17. The van der Waals surface area contributed by atoms with Gasteiger partial charge in [-0.1, -0.05) is 23.4 Å². The second kappa shape index (κ2) is 13.3. The summed E-state index contributed by atoms with van der Waals surface area (Å²) >= 11 is 0.585. The Morgan fingerprint density at radius 2 is 1.70 bits per heavy atom. The molecule has 0 spiro atoms. The van der Waals surface area contributed by atoms with Crippen molar-refractivity contribution in [1.82, 2.24) is 19.3 Å². The Hall–Kier alpha value is -2.78. The lowest BCUT2D eigenvalue weighted by Gasteiger charge is -2.47. The van der Waals surface area contributed by atoms with E-state index in [0.717, 1.165) is 39.6 Å². The van der Waals surface area contributed by atoms with Crippen LogP contribution in [0.2, 0.25) is 0 Å². The van der Waals surface area contributed by atoms with Crippen LogP contribution in [0.15, 0.2) is 42.6 Å². The molecule has 5 rings (SSSR count). The van der Waals surface area contributed by atoms with E-state index in [9.17, 15) is 55.2 Å². The fraction of sp³-hybridized carbons (Fsp3) is 0.500. The van der Waals surface area contributed by atoms with Gasteiger partial charge in [0.1, 0.15) is 35.5 Å². The molecule has 258 valence electrons. The van der Waals surface area contributed by atoms with Crippen LogP contribution in [0.3, 0.4) is 0 Å². The van der Waals surface area contributed by atoms with Crippen LogP contribution in [0.1, 0.15) is 35.3 Å². The molecule has 2 aromatic carbocycles. The Bertz CT molecular complexity index is 1680. The highest BCUT2D eigenvalue weighted by Crippen LogP contribution is 2.52. The number of benzene rings is 2. The highest BCUT2D eigenvalue weighted by Gasteiger charge is 2.52. The van der Waals surface area contributed by atoms with Gasteiger partial charge in [0.2, 0.25) is 10.0 Å². The number of aromatic nitrogens is 3. The number of alkyl halides is 3. The number of rotatable bonds is 8. The molecule has 2 fully saturated rings. The van der Waals surface area contributed by atoms with E-state index in [0.29, 0.717) is 23.9 Å². The average Bonchev–Trinajstić information content (AvgIpc) is 3.48. The van der Waals surface area contributed by atoms with Crippen LogP contribution >= 0.6 is 11.8 Å². The van der Waals surface area contributed by atoms with Gasteiger partial charge in [-0.25, -0.2) is 30.6 Å². The van der Waals surface area contributed by atoms with Crippen LogP contribution in [0.5, 0.6) is 0 Å². The minimum Gasteiger partial charge on any atom is -0.394 e. The second-order valence-corrected chi connectivity index (χ2v) is 14.6. The molecule has 0 radical (unpaired) electrons. The first-order valence-corrected chi connectivity index (χ1v) is 16.9. The van der Waals surface area contributed by atoms with Gasteiger partial charge in [-0.2, -0.15) is 13.2 Å². The summed E-state index contributed by atoms with van der Waals surface area (Å²) in [5.41, 5.74) is -5.37. The molecular weight excluding hydrogens is 682 g/mol. The Labute approximate surface area is 268 Å². The van der Waals surface area contributed by atoms with E-state index >= 15 is 0 Å². The van der Waals surface area contributed by atoms with Gasteiger partial charge in [0.05, 0.1) is 35.5 Å². The molecule has 2 aliphatic rings. The summed E-state index contributed by atoms with van der Waals surface area (Å²) in [5.74, 6) is -4.74. The number of hydrogen-bond donors (Lipinski definition) is 4. The molecule has 0 bridgehead atoms. The molecule has 47 heavy (non-hydrogen) atoms. The molecule has 3 heterocycles. The number of aliphatic hydroxyl groups excluding tert-OH is 3. The van der Waals surface area contributed by atoms with Gasteiger partial charge in [-0.3, -0.25) is 0 Å². The summed E-state index contributed by atoms with van der Waals surface area (Å²) in [4.78, 5) is 0. The van der Waals surface area contributed by atoms with Gasteiger partial charge < -0.3 is 25.2 Å². The first-order chi connectivity index (χ1) is 21.9. The third-order valence-electron chi connectivity index (χ3n) is 8.31. The largest absolute Gasteiger partial charge is 0.416 e. The van der Waals surface area contributed by atoms with Crippen molar-refractivity contribution in [3.05, 3.63) is 71.2 Å². The molecule has 2 saturated heterocycles. The molecule has 11 nitrogen and oxygen atoms in total. The number of halogens is 6. The van der Waals surface area contributed by atoms with E-state index in [4.69, 9.17) is 4.74 Å². The fourth-order valence-corrected chi connectivity index (χ4v) is 8.31. The lowest BCUT2D eigenvalue weighted by Crippen LogP contribution is -2.56. The van der Waals surface area contributed by atoms with Crippen LogP contribution in [-0.2, 0) is 20.9 Å². The summed E-state index contributed by atoms with van der Waals surface area (Å²) < 4.78 is 116. The number of ether oxygens (including phenoxy) is 1. The van der Waals surface area contributed by atoms with E-state index in [1.165, 1.54) is 6.07 Å². The molecule has 6 atom stereocenters. The number of sulfonamides is 1. The maximum atomic E-state index is 14.2. The predicted molar refractivity (Wildman–Crippen MR) is 155 cm³/mol. The lowest BCUT2D eigenvalue weighted by atomic mass is 9.84. The average molecular weight is 713 g/mol. The number of nitrogens with zero attached hydrogens (tertiary/aromatic N) is 4. The van der Waals surface area contributed by atoms with Crippen LogP contribution < -0.4 is 0 Å². The normalized spacial score (nSPS) is 26.3. The Kier molecular flexibility index (Phi) is 10.0. The highest BCUT2D eigenvalue weighted by atomic mass is 32.2. The zero-order chi connectivity index (χ0) is 34.5. The number of aliphatic hydroxyl groups is 4. The van der Waals surface area contributed by atoms with Gasteiger partial charge in [0, 0.05) is 18.7 Å². The van der Waals surface area contributed by atoms with Gasteiger partial charge >= 0.3 is 6.18 Å². The monoisotopic (exact) mass is 712 g/mol. The van der Waals surface area contributed by atoms with Crippen molar-refractivity contribution >= 4 is 21.8 Å². The summed E-state index contributed by atoms with van der Waals surface area (Å²) in [5, 5.41) is 50.5. The summed E-state index contributed by atoms with van der Waals surface area (Å²) in [6, 6.07) is 4.26. The van der Waals surface area contributed by atoms with E-state index in [-0.39, 0.29) is 42.8 Å². The Balaban J connectivity index is 1.52. The lowest BCUT2D eigenvalue weighted by molar-refractivity contribution is -0.179. The topological polar surface area (TPSA) is 158 Å². The minimum absolute atomic E-state index is 0.192. The van der Waals surface area contributed by atoms with Gasteiger partial charge in [-0.05, 0) is 36.6 Å². The zero-order valence-electron chi connectivity index (χ0n) is 24.4. The van der Waals surface area contributed by atoms with Crippen LogP contribution in [-0.4, -0.2) is 103 Å². The SMILES string of the molecule is CS(=O)(=O)N1CCC(O)(C(S[C@@H]2O[C@H](CO)[C@H](O)[C@H](n3cc(-c4cc(F)c(F)c(F)c4)nn3)[C@H]2O)c2ccccc2C(F)(F)F)CC1. The smallest absolute Gasteiger partial charge is 0.394 e. The second-order valence-electron chi connectivity index (χ2n) is 11.4. The summed E-state index contributed by atoms with van der Waals surface area (Å²) in [6.07, 6.45) is -8.30. The van der Waals surface area contributed by atoms with Gasteiger partial charge in [-0.15, -0.1) is 16.9 Å². The fourth-order valence-electron chi connectivity index (χ4n) is 5.83. The van der Waals surface area contributed by atoms with Crippen molar-refractivity contribution in [2.45, 2.75) is 59.7 Å². The number of hydrogen-bond acceptors (Lipinski definition) is 10. The molecule has 1 unspecified atom stereocenters. The Morgan fingerprint density at radius 1 is 1.09 bits per heavy atom. The predicted octanol–water partition coefficient (Wildman–Crippen LogP) is 2.62. The highest BCUT2D eigenvalue weighted by molar-refractivity contribution is 8.00. The zero-order valence-corrected chi connectivity index (χ0v) is 26.1. The first kappa shape index (κ1) is 35.5. The van der Waals surface area contributed by atoms with Crippen molar-refractivity contribution in [1.29, 1.82) is 0 Å². The van der Waals surface area contributed by atoms with Crippen molar-refractivity contribution < 1.29 is 59.9 Å². The van der Waals surface area contributed by atoms with Crippen LogP contribution in [0.4, 0.5) is 26.3 Å². The van der Waals surface area contributed by atoms with Crippen molar-refractivity contribution in [3.63, 3.8) is 0 Å². The molecule has 4 N–H and O–H groups in total. The van der Waals surface area contributed by atoms with Gasteiger partial charge in [0.25, 0.3) is 0 Å². The molecule has 1 aromatic heterocycles. The molecule has 3 aromatic rings. The van der Waals surface area contributed by atoms with Gasteiger partial charge in [0.15, 0.2) is 17.5 Å². The van der Waals surface area contributed by atoms with Crippen LogP contribution in [0.25, 0.3) is 11.3 Å². The van der Waals surface area contributed by atoms with Crippen molar-refractivity contribution in [2.75, 3.05) is 26.0 Å². The standard InChI is InChI=1S/C28H30F6N4O7S2/c1-47(43,44)37-8-6-27(42,7-9-37)25(15-4-2-3-5-16(15)28(32,33)34)46-26-24(41)22(23(40)20(13-39)45-26)38-12-19(35-36-38)14-10-17(29)21(31)18(30)11-14/h2-5,10-12,20,22-26,39-42H,6-9,13H2,1H3/t20-,22+,23+,24-,25?,26+/m1/s1. The molecule has 0 saturated carbocycles. The summed E-state index contributed by atoms with van der Waals surface area (Å²) in [6.45, 7) is -1.24. The molecule has 0 aliphatic carbocycles. The first-order valence-electron chi connectivity index (χ1n) is 14.1. The van der Waals surface area contributed by atoms with E-state index in [1.807, 2.05) is 0 Å². The van der Waals surface area contributed by atoms with Crippen molar-refractivity contribution in [3.8, 4) is 11.3 Å². The minimum atomic E-state index is -4.87. The molecular formula is C28H30F6N4O7S2. The van der Waals surface area contributed by atoms with E-state index in [1.54, 1.807) is 0 Å². The molecule has 19 heteroatoms. The molecule has 2 aliphatic heterocycles. The van der Waals surface area contributed by atoms with Crippen molar-refractivity contribution in [2.24, 2.45) is 0 Å². The van der Waals surface area contributed by atoms with E-state index < -0.39 is 86.5 Å². The maximum absolute atomic E-state index is 14.2. The third-order valence-corrected chi connectivity index (χ3v) is 11.2. The van der Waals surface area contributed by atoms with E-state index in [2.05, 4.69) is 10.3 Å². The number of thioether (sulfide) groups is 1. The summed E-state index contributed by atoms with van der Waals surface area (Å²) in [7, 11) is -3.67.